The van der Waals surface area contributed by atoms with Gasteiger partial charge in [0.15, 0.2) is 0 Å². The molecule has 0 unspecified atom stereocenters. The quantitative estimate of drug-likeness (QED) is 0.119. The molecule has 0 fully saturated rings. The van der Waals surface area contributed by atoms with Crippen LogP contribution in [0.15, 0.2) is 84.9 Å². The van der Waals surface area contributed by atoms with Crippen molar-refractivity contribution in [3.8, 4) is 54.7 Å². The van der Waals surface area contributed by atoms with E-state index in [9.17, 15) is 0 Å². The minimum atomic E-state index is 0.760. The lowest BCUT2D eigenvalue weighted by atomic mass is 10.2. The van der Waals surface area contributed by atoms with Crippen molar-refractivity contribution in [2.24, 2.45) is 0 Å². The molecule has 0 N–H and O–H groups in total. The van der Waals surface area contributed by atoms with Crippen molar-refractivity contribution in [1.29, 1.82) is 0 Å². The molecule has 0 saturated heterocycles. The van der Waals surface area contributed by atoms with Crippen LogP contribution < -0.4 is 9.47 Å². The second-order valence-electron chi connectivity index (χ2n) is 9.44. The molecule has 2 nitrogen and oxygen atoms in total. The van der Waals surface area contributed by atoms with Crippen LogP contribution in [0.3, 0.4) is 0 Å². The highest BCUT2D eigenvalue weighted by atomic mass is 32.1. The average molecular weight is 593 g/mol. The number of benzene rings is 2. The van der Waals surface area contributed by atoms with Gasteiger partial charge in [-0.2, -0.15) is 0 Å². The highest BCUT2D eigenvalue weighted by Crippen LogP contribution is 2.39. The molecule has 41 heavy (non-hydrogen) atoms. The van der Waals surface area contributed by atoms with Gasteiger partial charge in [0.2, 0.25) is 0 Å². The second kappa shape index (κ2) is 14.8. The predicted octanol–water partition coefficient (Wildman–Crippen LogP) is 10.4. The average Bonchev–Trinajstić information content (AvgIpc) is 3.78. The summed E-state index contributed by atoms with van der Waals surface area (Å²) in [7, 11) is 0. The lowest BCUT2D eigenvalue weighted by Crippen LogP contribution is -1.95. The molecule has 2 aromatic carbocycles. The molecule has 0 aliphatic carbocycles. The van der Waals surface area contributed by atoms with Crippen molar-refractivity contribution in [2.75, 3.05) is 13.2 Å². The molecule has 3 heterocycles. The van der Waals surface area contributed by atoms with Crippen LogP contribution in [0.25, 0.3) is 19.5 Å². The monoisotopic (exact) mass is 592 g/mol. The Bertz CT molecular complexity index is 1540. The summed E-state index contributed by atoms with van der Waals surface area (Å²) in [6.45, 7) is 5.85. The lowest BCUT2D eigenvalue weighted by molar-refractivity contribution is 0.309. The van der Waals surface area contributed by atoms with Crippen molar-refractivity contribution in [2.45, 2.75) is 39.5 Å². The molecule has 206 valence electrons. The van der Waals surface area contributed by atoms with Crippen molar-refractivity contribution >= 4 is 34.0 Å². The molecule has 0 saturated carbocycles. The van der Waals surface area contributed by atoms with E-state index < -0.39 is 0 Å². The summed E-state index contributed by atoms with van der Waals surface area (Å²) in [4.78, 5) is 7.12. The number of rotatable bonds is 10. The lowest BCUT2D eigenvalue weighted by Gasteiger charge is -2.04. The normalized spacial score (nSPS) is 10.4. The maximum absolute atomic E-state index is 5.74. The van der Waals surface area contributed by atoms with E-state index in [1.807, 2.05) is 59.9 Å². The van der Waals surface area contributed by atoms with Gasteiger partial charge < -0.3 is 9.47 Å². The fourth-order valence-electron chi connectivity index (χ4n) is 3.88. The Morgan fingerprint density at radius 3 is 1.27 bits per heavy atom. The zero-order valence-electron chi connectivity index (χ0n) is 23.4. The standard InChI is InChI=1S/C36H32O2S3/c1-3-5-25-37-29-13-7-27(8-14-29)11-17-31-19-21-33(39-31)35-23-24-36(41-35)34-22-20-32(40-34)18-12-28-9-15-30(16-10-28)38-26-6-4-2/h7-10,13-16,19-24H,3-6,25-26H2,1-2H3. The Morgan fingerprint density at radius 2 is 0.854 bits per heavy atom. The molecule has 0 atom stereocenters. The van der Waals surface area contributed by atoms with Crippen molar-refractivity contribution in [3.63, 3.8) is 0 Å². The number of hydrogen-bond acceptors (Lipinski definition) is 5. The van der Waals surface area contributed by atoms with Gasteiger partial charge in [0.25, 0.3) is 0 Å². The van der Waals surface area contributed by atoms with E-state index in [2.05, 4.69) is 73.9 Å². The number of thiophene rings is 3. The zero-order chi connectivity index (χ0) is 28.3. The topological polar surface area (TPSA) is 18.5 Å². The summed E-state index contributed by atoms with van der Waals surface area (Å²) < 4.78 is 11.5. The Balaban J connectivity index is 1.19. The summed E-state index contributed by atoms with van der Waals surface area (Å²) in [6.07, 6.45) is 4.41. The largest absolute Gasteiger partial charge is 0.494 e. The van der Waals surface area contributed by atoms with Gasteiger partial charge in [0.1, 0.15) is 11.5 Å². The van der Waals surface area contributed by atoms with E-state index in [0.29, 0.717) is 0 Å². The Labute approximate surface area is 255 Å². The van der Waals surface area contributed by atoms with Crippen molar-refractivity contribution < 1.29 is 9.47 Å². The number of ether oxygens (including phenoxy) is 2. The molecule has 0 amide bonds. The van der Waals surface area contributed by atoms with Gasteiger partial charge in [-0.05, 0) is 97.8 Å². The van der Waals surface area contributed by atoms with Crippen LogP contribution in [0, 0.1) is 23.7 Å². The third-order valence-electron chi connectivity index (χ3n) is 6.21. The maximum Gasteiger partial charge on any atom is 0.119 e. The van der Waals surface area contributed by atoms with Gasteiger partial charge in [-0.25, -0.2) is 0 Å². The molecule has 0 spiro atoms. The van der Waals surface area contributed by atoms with Gasteiger partial charge in [-0.1, -0.05) is 50.4 Å². The van der Waals surface area contributed by atoms with E-state index in [1.54, 1.807) is 22.7 Å². The van der Waals surface area contributed by atoms with Gasteiger partial charge in [0, 0.05) is 30.6 Å². The fourth-order valence-corrected chi connectivity index (χ4v) is 6.79. The van der Waals surface area contributed by atoms with Crippen LogP contribution >= 0.6 is 34.0 Å². The maximum atomic E-state index is 5.74. The third kappa shape index (κ3) is 8.38. The van der Waals surface area contributed by atoms with E-state index in [4.69, 9.17) is 9.47 Å². The first kappa shape index (κ1) is 28.8. The number of unbranched alkanes of at least 4 members (excludes halogenated alkanes) is 2. The molecule has 0 aliphatic heterocycles. The molecule has 0 bridgehead atoms. The summed E-state index contributed by atoms with van der Waals surface area (Å²) in [5.41, 5.74) is 1.98. The van der Waals surface area contributed by atoms with Crippen LogP contribution in [-0.2, 0) is 0 Å². The summed E-state index contributed by atoms with van der Waals surface area (Å²) in [6, 6.07) is 29.0. The Kier molecular flexibility index (Phi) is 10.4. The molecule has 5 aromatic rings. The molecular weight excluding hydrogens is 561 g/mol. The highest BCUT2D eigenvalue weighted by molar-refractivity contribution is 7.26. The van der Waals surface area contributed by atoms with Gasteiger partial charge in [-0.15, -0.1) is 34.0 Å². The molecule has 0 radical (unpaired) electrons. The van der Waals surface area contributed by atoms with Crippen molar-refractivity contribution in [3.05, 3.63) is 106 Å². The van der Waals surface area contributed by atoms with Crippen LogP contribution in [-0.4, -0.2) is 13.2 Å². The number of hydrogen-bond donors (Lipinski definition) is 0. The molecule has 3 aromatic heterocycles. The smallest absolute Gasteiger partial charge is 0.119 e. The SMILES string of the molecule is CCCCOc1ccc(C#Cc2ccc(-c3ccc(-c4ccc(C#Cc5ccc(OCCCC)cc5)s4)s3)s2)cc1. The van der Waals surface area contributed by atoms with E-state index in [0.717, 1.165) is 71.3 Å². The molecular formula is C36H32O2S3. The van der Waals surface area contributed by atoms with Crippen LogP contribution in [0.5, 0.6) is 11.5 Å². The van der Waals surface area contributed by atoms with Crippen molar-refractivity contribution in [1.82, 2.24) is 0 Å². The van der Waals surface area contributed by atoms with Gasteiger partial charge >= 0.3 is 0 Å². The van der Waals surface area contributed by atoms with Gasteiger partial charge in [0.05, 0.1) is 23.0 Å². The molecule has 0 aliphatic rings. The Hall–Kier alpha value is -3.74. The zero-order valence-corrected chi connectivity index (χ0v) is 25.8. The first-order chi connectivity index (χ1) is 20.2. The summed E-state index contributed by atoms with van der Waals surface area (Å²) in [5.74, 6) is 15.0. The second-order valence-corrected chi connectivity index (χ2v) is 12.7. The molecule has 5 heteroatoms. The predicted molar refractivity (Wildman–Crippen MR) is 177 cm³/mol. The van der Waals surface area contributed by atoms with Crippen LogP contribution in [0.1, 0.15) is 60.4 Å². The Morgan fingerprint density at radius 1 is 0.463 bits per heavy atom. The highest BCUT2D eigenvalue weighted by Gasteiger charge is 2.09. The van der Waals surface area contributed by atoms with Crippen LogP contribution in [0.4, 0.5) is 0 Å². The first-order valence-electron chi connectivity index (χ1n) is 14.0. The first-order valence-corrected chi connectivity index (χ1v) is 16.4. The summed E-state index contributed by atoms with van der Waals surface area (Å²) in [5, 5.41) is 0. The van der Waals surface area contributed by atoms with Gasteiger partial charge in [-0.3, -0.25) is 0 Å². The fraction of sp³-hybridized carbons (Fsp3) is 0.222. The minimum Gasteiger partial charge on any atom is -0.494 e. The third-order valence-corrected chi connectivity index (χ3v) is 9.68. The molecule has 5 rings (SSSR count). The van der Waals surface area contributed by atoms with Crippen LogP contribution in [0.2, 0.25) is 0 Å². The minimum absolute atomic E-state index is 0.760. The van der Waals surface area contributed by atoms with E-state index >= 15 is 0 Å². The van der Waals surface area contributed by atoms with E-state index in [1.165, 1.54) is 19.5 Å². The summed E-state index contributed by atoms with van der Waals surface area (Å²) >= 11 is 5.27. The van der Waals surface area contributed by atoms with E-state index in [-0.39, 0.29) is 0 Å².